The molecule has 1 aromatic rings. The zero-order valence-electron chi connectivity index (χ0n) is 6.20. The number of ether oxygens (including phenoxy) is 1. The first-order valence-corrected chi connectivity index (χ1v) is 4.78. The molecule has 0 spiro atoms. The van der Waals surface area contributed by atoms with E-state index in [9.17, 15) is 4.79 Å². The molecule has 1 rings (SSSR count). The monoisotopic (exact) mass is 251 g/mol. The molecule has 0 unspecified atom stereocenters. The Hall–Kier alpha value is -0.620. The number of aromatic nitrogens is 1. The van der Waals surface area contributed by atoms with Crippen molar-refractivity contribution in [2.75, 3.05) is 6.61 Å². The second-order valence-electron chi connectivity index (χ2n) is 1.84. The Labute approximate surface area is 81.3 Å². The maximum Gasteiger partial charge on any atom is 0.359 e. The predicted molar refractivity (Wildman–Crippen MR) is 47.4 cm³/mol. The molecule has 0 aliphatic heterocycles. The highest BCUT2D eigenvalue weighted by Crippen LogP contribution is 2.29. The Kier molecular flexibility index (Phi) is 3.05. The quantitative estimate of drug-likeness (QED) is 0.815. The van der Waals surface area contributed by atoms with Crippen LogP contribution in [0.25, 0.3) is 0 Å². The van der Waals surface area contributed by atoms with Crippen molar-refractivity contribution in [1.29, 1.82) is 0 Å². The van der Waals surface area contributed by atoms with Gasteiger partial charge in [0.25, 0.3) is 5.19 Å². The van der Waals surface area contributed by atoms with Crippen LogP contribution < -0.4 is 0 Å². The molecule has 0 aliphatic rings. The highest BCUT2D eigenvalue weighted by molar-refractivity contribution is 9.11. The minimum Gasteiger partial charge on any atom is -0.486 e. The van der Waals surface area contributed by atoms with Gasteiger partial charge in [0.2, 0.25) is 0 Å². The Morgan fingerprint density at radius 3 is 2.92 bits per heavy atom. The summed E-state index contributed by atoms with van der Waals surface area (Å²) in [7, 11) is 0. The molecular formula is C6H6BrNO3S. The minimum absolute atomic E-state index is 0.124. The zero-order chi connectivity index (χ0) is 9.14. The molecule has 0 amide bonds. The predicted octanol–water partition coefficient (Wildman–Crippen LogP) is 1.79. The molecule has 0 saturated carbocycles. The highest BCUT2D eigenvalue weighted by atomic mass is 79.9. The van der Waals surface area contributed by atoms with E-state index in [0.29, 0.717) is 10.4 Å². The highest BCUT2D eigenvalue weighted by Gasteiger charge is 2.16. The van der Waals surface area contributed by atoms with Crippen LogP contribution in [0.5, 0.6) is 5.19 Å². The molecule has 1 heterocycles. The number of halogens is 1. The van der Waals surface area contributed by atoms with Crippen LogP contribution in [0.2, 0.25) is 0 Å². The van der Waals surface area contributed by atoms with Crippen molar-refractivity contribution in [3.8, 4) is 5.19 Å². The summed E-state index contributed by atoms with van der Waals surface area (Å²) in [5.74, 6) is -0.527. The van der Waals surface area contributed by atoms with E-state index in [1.54, 1.807) is 6.92 Å². The van der Waals surface area contributed by atoms with Gasteiger partial charge in [-0.05, 0) is 22.9 Å². The van der Waals surface area contributed by atoms with E-state index >= 15 is 0 Å². The van der Waals surface area contributed by atoms with Crippen LogP contribution in [0.1, 0.15) is 17.4 Å². The third kappa shape index (κ3) is 1.95. The SMILES string of the molecule is CCOC(=O)c1nc(O)sc1Br. The summed E-state index contributed by atoms with van der Waals surface area (Å²) in [5, 5.41) is 8.77. The number of carbonyl (C=O) groups excluding carboxylic acids is 1. The fraction of sp³-hybridized carbons (Fsp3) is 0.333. The molecule has 0 aromatic carbocycles. The average Bonchev–Trinajstić information content (AvgIpc) is 2.30. The molecule has 0 atom stereocenters. The van der Waals surface area contributed by atoms with E-state index in [0.717, 1.165) is 11.3 Å². The Balaban J connectivity index is 2.87. The van der Waals surface area contributed by atoms with Crippen LogP contribution in [0.15, 0.2) is 3.79 Å². The van der Waals surface area contributed by atoms with Gasteiger partial charge in [0.1, 0.15) is 3.79 Å². The summed E-state index contributed by atoms with van der Waals surface area (Å²) in [4.78, 5) is 14.6. The zero-order valence-corrected chi connectivity index (χ0v) is 8.61. The van der Waals surface area contributed by atoms with Gasteiger partial charge in [-0.2, -0.15) is 4.98 Å². The summed E-state index contributed by atoms with van der Waals surface area (Å²) >= 11 is 4.07. The van der Waals surface area contributed by atoms with E-state index in [4.69, 9.17) is 5.11 Å². The van der Waals surface area contributed by atoms with Crippen molar-refractivity contribution < 1.29 is 14.6 Å². The molecule has 12 heavy (non-hydrogen) atoms. The van der Waals surface area contributed by atoms with E-state index in [1.165, 1.54) is 0 Å². The lowest BCUT2D eigenvalue weighted by atomic mass is 10.5. The van der Waals surface area contributed by atoms with Gasteiger partial charge in [-0.15, -0.1) is 0 Å². The third-order valence-corrected chi connectivity index (χ3v) is 2.55. The fourth-order valence-electron chi connectivity index (χ4n) is 0.616. The number of hydrogen-bond acceptors (Lipinski definition) is 5. The van der Waals surface area contributed by atoms with Crippen LogP contribution >= 0.6 is 27.3 Å². The summed E-state index contributed by atoms with van der Waals surface area (Å²) in [6.07, 6.45) is 0. The molecule has 1 aromatic heterocycles. The first-order chi connectivity index (χ1) is 5.65. The molecule has 4 nitrogen and oxygen atoms in total. The molecular weight excluding hydrogens is 246 g/mol. The van der Waals surface area contributed by atoms with Crippen LogP contribution in [-0.2, 0) is 4.74 Å². The van der Waals surface area contributed by atoms with Crippen molar-refractivity contribution in [3.05, 3.63) is 9.48 Å². The van der Waals surface area contributed by atoms with Crippen molar-refractivity contribution >= 4 is 33.2 Å². The number of esters is 1. The lowest BCUT2D eigenvalue weighted by Crippen LogP contribution is -2.05. The van der Waals surface area contributed by atoms with Gasteiger partial charge >= 0.3 is 5.97 Å². The van der Waals surface area contributed by atoms with Gasteiger partial charge in [0.15, 0.2) is 5.69 Å². The second-order valence-corrected chi connectivity index (χ2v) is 4.13. The van der Waals surface area contributed by atoms with Gasteiger partial charge in [0.05, 0.1) is 6.61 Å². The van der Waals surface area contributed by atoms with Crippen molar-refractivity contribution in [1.82, 2.24) is 4.98 Å². The van der Waals surface area contributed by atoms with Crippen molar-refractivity contribution in [2.24, 2.45) is 0 Å². The number of carbonyl (C=O) groups is 1. The summed E-state index contributed by atoms with van der Waals surface area (Å²) in [6.45, 7) is 2.00. The topological polar surface area (TPSA) is 59.4 Å². The van der Waals surface area contributed by atoms with E-state index in [-0.39, 0.29) is 10.9 Å². The van der Waals surface area contributed by atoms with Gasteiger partial charge in [-0.3, -0.25) is 0 Å². The Morgan fingerprint density at radius 1 is 1.83 bits per heavy atom. The first-order valence-electron chi connectivity index (χ1n) is 3.17. The summed E-state index contributed by atoms with van der Waals surface area (Å²) in [6, 6.07) is 0. The number of nitrogens with zero attached hydrogens (tertiary/aromatic N) is 1. The molecule has 66 valence electrons. The Morgan fingerprint density at radius 2 is 2.50 bits per heavy atom. The molecule has 0 saturated heterocycles. The first kappa shape index (κ1) is 9.47. The number of hydrogen-bond donors (Lipinski definition) is 1. The molecule has 0 fully saturated rings. The van der Waals surface area contributed by atoms with Crippen LogP contribution in [-0.4, -0.2) is 22.7 Å². The van der Waals surface area contributed by atoms with Gasteiger partial charge < -0.3 is 9.84 Å². The van der Waals surface area contributed by atoms with Crippen molar-refractivity contribution in [3.63, 3.8) is 0 Å². The minimum atomic E-state index is -0.527. The number of aromatic hydroxyl groups is 1. The largest absolute Gasteiger partial charge is 0.486 e. The summed E-state index contributed by atoms with van der Waals surface area (Å²) in [5.41, 5.74) is 0.124. The van der Waals surface area contributed by atoms with Gasteiger partial charge in [-0.25, -0.2) is 4.79 Å². The van der Waals surface area contributed by atoms with Crippen LogP contribution in [0, 0.1) is 0 Å². The lowest BCUT2D eigenvalue weighted by molar-refractivity contribution is 0.0518. The van der Waals surface area contributed by atoms with E-state index < -0.39 is 5.97 Å². The second kappa shape index (κ2) is 3.86. The Bertz CT molecular complexity index is 299. The molecule has 0 aliphatic carbocycles. The fourth-order valence-corrected chi connectivity index (χ4v) is 1.82. The molecule has 0 radical (unpaired) electrons. The number of thiazole rings is 1. The molecule has 0 bridgehead atoms. The van der Waals surface area contributed by atoms with Crippen molar-refractivity contribution in [2.45, 2.75) is 6.92 Å². The normalized spacial score (nSPS) is 9.83. The van der Waals surface area contributed by atoms with Crippen LogP contribution in [0.3, 0.4) is 0 Å². The number of rotatable bonds is 2. The molecule has 1 N–H and O–H groups in total. The summed E-state index contributed by atoms with van der Waals surface area (Å²) < 4.78 is 5.17. The standard InChI is InChI=1S/C6H6BrNO3S/c1-2-11-5(9)3-4(7)12-6(10)8-3/h2H2,1H3,(H,8,10). The van der Waals surface area contributed by atoms with Gasteiger partial charge in [0, 0.05) is 0 Å². The third-order valence-electron chi connectivity index (χ3n) is 1.04. The maximum atomic E-state index is 11.1. The molecule has 6 heteroatoms. The van der Waals surface area contributed by atoms with E-state index in [1.807, 2.05) is 0 Å². The van der Waals surface area contributed by atoms with Gasteiger partial charge in [-0.1, -0.05) is 11.3 Å². The smallest absolute Gasteiger partial charge is 0.359 e. The van der Waals surface area contributed by atoms with E-state index in [2.05, 4.69) is 25.7 Å². The lowest BCUT2D eigenvalue weighted by Gasteiger charge is -1.96. The maximum absolute atomic E-state index is 11.1. The average molecular weight is 252 g/mol. The van der Waals surface area contributed by atoms with Crippen LogP contribution in [0.4, 0.5) is 0 Å².